The number of benzene rings is 2. The molecular formula is C20H22N6O2. The number of hydrogen-bond donors (Lipinski definition) is 0. The minimum atomic E-state index is 0.0475. The molecule has 1 fully saturated rings. The summed E-state index contributed by atoms with van der Waals surface area (Å²) in [6.07, 6.45) is 0. The number of nitrogens with zero attached hydrogens (tertiary/aromatic N) is 6. The highest BCUT2D eigenvalue weighted by molar-refractivity contribution is 5.94. The average Bonchev–Trinajstić information content (AvgIpc) is 3.25. The van der Waals surface area contributed by atoms with Crippen molar-refractivity contribution < 1.29 is 9.53 Å². The number of ether oxygens (including phenoxy) is 1. The topological polar surface area (TPSA) is 76.4 Å². The summed E-state index contributed by atoms with van der Waals surface area (Å²) in [4.78, 5) is 16.8. The highest BCUT2D eigenvalue weighted by Gasteiger charge is 2.25. The summed E-state index contributed by atoms with van der Waals surface area (Å²) in [5.41, 5.74) is 2.66. The molecule has 1 aliphatic rings. The zero-order valence-electron chi connectivity index (χ0n) is 15.7. The zero-order valence-corrected chi connectivity index (χ0v) is 15.7. The quantitative estimate of drug-likeness (QED) is 0.674. The van der Waals surface area contributed by atoms with E-state index < -0.39 is 0 Å². The van der Waals surface area contributed by atoms with Gasteiger partial charge in [-0.2, -0.15) is 4.68 Å². The Kier molecular flexibility index (Phi) is 5.29. The van der Waals surface area contributed by atoms with Crippen LogP contribution in [-0.2, 0) is 11.3 Å². The maximum atomic E-state index is 12.8. The molecule has 2 heterocycles. The first-order valence-electron chi connectivity index (χ1n) is 9.22. The zero-order chi connectivity index (χ0) is 19.3. The molecule has 8 nitrogen and oxygen atoms in total. The highest BCUT2D eigenvalue weighted by atomic mass is 16.5. The Morgan fingerprint density at radius 1 is 1.00 bits per heavy atom. The van der Waals surface area contributed by atoms with Crippen molar-refractivity contribution in [1.82, 2.24) is 25.1 Å². The van der Waals surface area contributed by atoms with Gasteiger partial charge in [0.2, 0.25) is 5.95 Å². The molecule has 0 N–H and O–H groups in total. The second-order valence-electron chi connectivity index (χ2n) is 6.64. The molecule has 1 aliphatic heterocycles. The molecular weight excluding hydrogens is 356 g/mol. The third kappa shape index (κ3) is 3.72. The van der Waals surface area contributed by atoms with Crippen molar-refractivity contribution in [3.63, 3.8) is 0 Å². The molecule has 1 saturated heterocycles. The highest BCUT2D eigenvalue weighted by Crippen LogP contribution is 2.18. The molecule has 2 aromatic carbocycles. The Morgan fingerprint density at radius 2 is 1.71 bits per heavy atom. The fourth-order valence-electron chi connectivity index (χ4n) is 3.32. The predicted octanol–water partition coefficient (Wildman–Crippen LogP) is 1.77. The van der Waals surface area contributed by atoms with Crippen LogP contribution in [0.25, 0.3) is 5.69 Å². The van der Waals surface area contributed by atoms with Crippen molar-refractivity contribution in [3.8, 4) is 5.69 Å². The molecule has 3 aromatic rings. The molecule has 0 spiro atoms. The van der Waals surface area contributed by atoms with Crippen LogP contribution in [-0.4, -0.2) is 64.3 Å². The molecule has 0 bridgehead atoms. The second-order valence-corrected chi connectivity index (χ2v) is 6.64. The van der Waals surface area contributed by atoms with Gasteiger partial charge in [-0.05, 0) is 40.3 Å². The molecule has 144 valence electrons. The molecule has 0 radical (unpaired) electrons. The Labute approximate surface area is 163 Å². The van der Waals surface area contributed by atoms with Crippen LogP contribution in [0.15, 0.2) is 54.6 Å². The lowest BCUT2D eigenvalue weighted by atomic mass is 10.1. The van der Waals surface area contributed by atoms with Crippen LogP contribution >= 0.6 is 0 Å². The van der Waals surface area contributed by atoms with E-state index in [1.165, 1.54) is 0 Å². The largest absolute Gasteiger partial charge is 0.380 e. The van der Waals surface area contributed by atoms with E-state index in [0.29, 0.717) is 44.3 Å². The summed E-state index contributed by atoms with van der Waals surface area (Å²) in [6.45, 7) is 3.16. The number of piperazine rings is 1. The summed E-state index contributed by atoms with van der Waals surface area (Å²) in [7, 11) is 1.66. The van der Waals surface area contributed by atoms with Gasteiger partial charge in [-0.3, -0.25) is 4.79 Å². The fraction of sp³-hybridized carbons (Fsp3) is 0.300. The number of aromatic nitrogens is 4. The molecule has 4 rings (SSSR count). The Morgan fingerprint density at radius 3 is 2.39 bits per heavy atom. The van der Waals surface area contributed by atoms with E-state index in [1.807, 2.05) is 59.5 Å². The van der Waals surface area contributed by atoms with E-state index in [9.17, 15) is 4.79 Å². The molecule has 0 saturated carbocycles. The summed E-state index contributed by atoms with van der Waals surface area (Å²) in [5, 5.41) is 12.1. The molecule has 1 aromatic heterocycles. The van der Waals surface area contributed by atoms with E-state index in [4.69, 9.17) is 4.74 Å². The van der Waals surface area contributed by atoms with Crippen molar-refractivity contribution in [2.45, 2.75) is 6.61 Å². The summed E-state index contributed by atoms with van der Waals surface area (Å²) in [6, 6.07) is 17.4. The SMILES string of the molecule is COCc1ccc(C(=O)N2CCN(c3nnnn3-c3ccccc3)CC2)cc1. The van der Waals surface area contributed by atoms with Crippen LogP contribution in [0.5, 0.6) is 0 Å². The van der Waals surface area contributed by atoms with Crippen LogP contribution in [0.3, 0.4) is 0 Å². The van der Waals surface area contributed by atoms with Gasteiger partial charge in [0.05, 0.1) is 12.3 Å². The van der Waals surface area contributed by atoms with Crippen molar-refractivity contribution in [1.29, 1.82) is 0 Å². The smallest absolute Gasteiger partial charge is 0.253 e. The number of para-hydroxylation sites is 1. The summed E-state index contributed by atoms with van der Waals surface area (Å²) < 4.78 is 6.84. The summed E-state index contributed by atoms with van der Waals surface area (Å²) >= 11 is 0. The third-order valence-electron chi connectivity index (χ3n) is 4.82. The number of anilines is 1. The first kappa shape index (κ1) is 18.1. The number of rotatable bonds is 5. The Balaban J connectivity index is 1.41. The van der Waals surface area contributed by atoms with Crippen molar-refractivity contribution in [2.24, 2.45) is 0 Å². The van der Waals surface area contributed by atoms with Crippen LogP contribution in [0.4, 0.5) is 5.95 Å². The van der Waals surface area contributed by atoms with Gasteiger partial charge in [0, 0.05) is 38.9 Å². The van der Waals surface area contributed by atoms with Gasteiger partial charge in [-0.1, -0.05) is 35.4 Å². The van der Waals surface area contributed by atoms with Crippen LogP contribution in [0.2, 0.25) is 0 Å². The normalized spacial score (nSPS) is 14.3. The van der Waals surface area contributed by atoms with E-state index in [1.54, 1.807) is 11.8 Å². The van der Waals surface area contributed by atoms with Gasteiger partial charge in [-0.25, -0.2) is 0 Å². The molecule has 0 aliphatic carbocycles. The van der Waals surface area contributed by atoms with Gasteiger partial charge in [0.25, 0.3) is 5.91 Å². The van der Waals surface area contributed by atoms with Crippen LogP contribution in [0, 0.1) is 0 Å². The van der Waals surface area contributed by atoms with E-state index in [2.05, 4.69) is 20.4 Å². The Hall–Kier alpha value is -3.26. The lowest BCUT2D eigenvalue weighted by Crippen LogP contribution is -2.49. The van der Waals surface area contributed by atoms with E-state index in [-0.39, 0.29) is 5.91 Å². The average molecular weight is 378 g/mol. The second kappa shape index (κ2) is 8.18. The van der Waals surface area contributed by atoms with Gasteiger partial charge < -0.3 is 14.5 Å². The van der Waals surface area contributed by atoms with Crippen molar-refractivity contribution in [2.75, 3.05) is 38.2 Å². The van der Waals surface area contributed by atoms with Crippen molar-refractivity contribution in [3.05, 3.63) is 65.7 Å². The van der Waals surface area contributed by atoms with Gasteiger partial charge in [0.1, 0.15) is 0 Å². The molecule has 0 unspecified atom stereocenters. The van der Waals surface area contributed by atoms with E-state index >= 15 is 0 Å². The van der Waals surface area contributed by atoms with Gasteiger partial charge in [0.15, 0.2) is 0 Å². The van der Waals surface area contributed by atoms with Crippen LogP contribution < -0.4 is 4.90 Å². The standard InChI is InChI=1S/C20H22N6O2/c1-28-15-16-7-9-17(10-8-16)19(27)24-11-13-25(14-12-24)20-21-22-23-26(20)18-5-3-2-4-6-18/h2-10H,11-15H2,1H3. The van der Waals surface area contributed by atoms with Gasteiger partial charge in [-0.15, -0.1) is 0 Å². The number of carbonyl (C=O) groups is 1. The molecule has 1 amide bonds. The minimum Gasteiger partial charge on any atom is -0.380 e. The maximum Gasteiger partial charge on any atom is 0.253 e. The Bertz CT molecular complexity index is 917. The summed E-state index contributed by atoms with van der Waals surface area (Å²) in [5.74, 6) is 0.744. The maximum absolute atomic E-state index is 12.8. The fourth-order valence-corrected chi connectivity index (χ4v) is 3.32. The number of amides is 1. The third-order valence-corrected chi connectivity index (χ3v) is 4.82. The minimum absolute atomic E-state index is 0.0475. The number of tetrazole rings is 1. The van der Waals surface area contributed by atoms with Gasteiger partial charge >= 0.3 is 0 Å². The lowest BCUT2D eigenvalue weighted by Gasteiger charge is -2.34. The predicted molar refractivity (Wildman–Crippen MR) is 104 cm³/mol. The monoisotopic (exact) mass is 378 g/mol. The van der Waals surface area contributed by atoms with E-state index in [0.717, 1.165) is 11.3 Å². The number of carbonyl (C=O) groups excluding carboxylic acids is 1. The molecule has 0 atom stereocenters. The van der Waals surface area contributed by atoms with Crippen molar-refractivity contribution >= 4 is 11.9 Å². The molecule has 8 heteroatoms. The first-order chi connectivity index (χ1) is 13.8. The van der Waals surface area contributed by atoms with Crippen LogP contribution in [0.1, 0.15) is 15.9 Å². The lowest BCUT2D eigenvalue weighted by molar-refractivity contribution is 0.0746. The number of methoxy groups -OCH3 is 1. The number of hydrogen-bond acceptors (Lipinski definition) is 6. The first-order valence-corrected chi connectivity index (χ1v) is 9.22. The molecule has 28 heavy (non-hydrogen) atoms.